The molecule has 0 radical (unpaired) electrons. The molecule has 0 N–H and O–H groups in total. The van der Waals surface area contributed by atoms with Crippen molar-refractivity contribution in [2.45, 2.75) is 109 Å². The molecule has 0 saturated heterocycles. The lowest BCUT2D eigenvalue weighted by molar-refractivity contribution is 0.0748. The Morgan fingerprint density at radius 2 is 1.73 bits per heavy atom. The van der Waals surface area contributed by atoms with Gasteiger partial charge in [0, 0.05) is 10.5 Å². The molecular weight excluding hydrogens is 605 g/mol. The lowest BCUT2D eigenvalue weighted by Gasteiger charge is -2.30. The van der Waals surface area contributed by atoms with Crippen LogP contribution >= 0.6 is 11.8 Å². The summed E-state index contributed by atoms with van der Waals surface area (Å²) in [6.45, 7) is 18.3. The number of nitriles is 1. The van der Waals surface area contributed by atoms with Gasteiger partial charge in [0.05, 0.1) is 12.1 Å². The fourth-order valence-electron chi connectivity index (χ4n) is 7.26. The topological polar surface area (TPSA) is 37.4 Å². The highest BCUT2D eigenvalue weighted by Gasteiger charge is 2.43. The fourth-order valence-corrected chi connectivity index (χ4v) is 8.25. The molecule has 1 unspecified atom stereocenters. The van der Waals surface area contributed by atoms with E-state index in [4.69, 9.17) is 11.3 Å². The number of unbranched alkanes of at least 4 members (excludes halogenated alkanes) is 1. The van der Waals surface area contributed by atoms with Crippen molar-refractivity contribution in [3.8, 4) is 6.07 Å². The van der Waals surface area contributed by atoms with Crippen molar-refractivity contribution in [3.63, 3.8) is 0 Å². The summed E-state index contributed by atoms with van der Waals surface area (Å²) in [5.74, 6) is 2.18. The van der Waals surface area contributed by atoms with E-state index in [0.29, 0.717) is 22.9 Å². The van der Waals surface area contributed by atoms with E-state index in [1.165, 1.54) is 77.9 Å². The van der Waals surface area contributed by atoms with Crippen molar-refractivity contribution in [2.75, 3.05) is 5.75 Å². The monoisotopic (exact) mass is 654 g/mol. The molecule has 2 aliphatic carbocycles. The molecule has 1 saturated carbocycles. The van der Waals surface area contributed by atoms with Crippen molar-refractivity contribution in [2.24, 2.45) is 5.41 Å². The van der Waals surface area contributed by atoms with Crippen LogP contribution in [0.5, 0.6) is 0 Å². The van der Waals surface area contributed by atoms with Crippen molar-refractivity contribution in [1.82, 2.24) is 0 Å². The highest BCUT2D eigenvalue weighted by atomic mass is 32.2. The van der Waals surface area contributed by atoms with E-state index < -0.39 is 5.60 Å². The molecule has 1 heterocycles. The van der Waals surface area contributed by atoms with Crippen LogP contribution in [0.25, 0.3) is 10.9 Å². The lowest BCUT2D eigenvalue weighted by Crippen LogP contribution is -2.23. The van der Waals surface area contributed by atoms with Crippen LogP contribution < -0.4 is 0 Å². The first-order valence-electron chi connectivity index (χ1n) is 17.7. The second kappa shape index (κ2) is 15.9. The molecule has 0 amide bonds. The zero-order chi connectivity index (χ0) is 34.1. The van der Waals surface area contributed by atoms with Gasteiger partial charge in [-0.3, -0.25) is 0 Å². The van der Waals surface area contributed by atoms with Gasteiger partial charge in [0.25, 0.3) is 0 Å². The molecule has 1 fully saturated rings. The lowest BCUT2D eigenvalue weighted by atomic mass is 9.75. The summed E-state index contributed by atoms with van der Waals surface area (Å²) >= 11 is 1.93. The van der Waals surface area contributed by atoms with Gasteiger partial charge in [0.15, 0.2) is 5.60 Å². The Morgan fingerprint density at radius 3 is 2.40 bits per heavy atom. The van der Waals surface area contributed by atoms with E-state index in [2.05, 4.69) is 111 Å². The van der Waals surface area contributed by atoms with Crippen LogP contribution in [0.3, 0.4) is 0 Å². The molecule has 3 aliphatic rings. The normalized spacial score (nSPS) is 23.3. The third kappa shape index (κ3) is 8.53. The number of hydrogen-bond acceptors (Lipinski definition) is 3. The first-order valence-corrected chi connectivity index (χ1v) is 18.7. The number of thioether (sulfide) groups is 1. The Balaban J connectivity index is 1.41. The number of ether oxygens (including phenoxy) is 1. The van der Waals surface area contributed by atoms with Gasteiger partial charge in [-0.2, -0.15) is 5.26 Å². The average molecular weight is 655 g/mol. The second-order valence-corrected chi connectivity index (χ2v) is 15.6. The predicted molar refractivity (Wildman–Crippen MR) is 202 cm³/mol. The van der Waals surface area contributed by atoms with Crippen LogP contribution in [0.1, 0.15) is 115 Å². The standard InChI is InChI=1S/C44H50N2OS/c1-7-8-27-48-39-25-19-33(20-26-39)17-18-35-28-34(29-43(3,4)30-35)13-12-16-41-40(31-45)42(32(2)46-6)47-44(41,5)38-23-21-37(22-24-38)36-14-10-9-11-15-36/h12-13,16-26,28,36H,7-11,14-15,27,29-30H2,1-5H3/b16-12+,18-17+,34-13-,42-32-. The van der Waals surface area contributed by atoms with Crippen LogP contribution in [0.2, 0.25) is 0 Å². The van der Waals surface area contributed by atoms with Gasteiger partial charge in [-0.15, -0.1) is 11.8 Å². The molecule has 0 aromatic heterocycles. The Bertz CT molecular complexity index is 1730. The van der Waals surface area contributed by atoms with Crippen LogP contribution in [-0.4, -0.2) is 5.75 Å². The van der Waals surface area contributed by atoms with Crippen LogP contribution in [0.4, 0.5) is 0 Å². The molecule has 4 heteroatoms. The van der Waals surface area contributed by atoms with Gasteiger partial charge in [0.2, 0.25) is 5.70 Å². The second-order valence-electron chi connectivity index (χ2n) is 14.5. The first-order chi connectivity index (χ1) is 23.2. The Morgan fingerprint density at radius 1 is 1.00 bits per heavy atom. The molecule has 3 nitrogen and oxygen atoms in total. The van der Waals surface area contributed by atoms with E-state index in [1.807, 2.05) is 24.8 Å². The number of allylic oxidation sites excluding steroid dienone is 8. The van der Waals surface area contributed by atoms with E-state index in [1.54, 1.807) is 6.92 Å². The molecule has 1 atom stereocenters. The highest BCUT2D eigenvalue weighted by Crippen LogP contribution is 2.48. The first kappa shape index (κ1) is 35.3. The maximum absolute atomic E-state index is 10.3. The van der Waals surface area contributed by atoms with Gasteiger partial charge in [-0.25, -0.2) is 4.85 Å². The molecule has 0 bridgehead atoms. The Labute approximate surface area is 293 Å². The molecular formula is C44H50N2OS. The molecule has 2 aromatic carbocycles. The summed E-state index contributed by atoms with van der Waals surface area (Å²) in [5.41, 5.74) is 7.07. The molecule has 248 valence electrons. The SMILES string of the molecule is [C-]#[N+]/C(C)=C1\OC(C)(c2ccc(C3CCCCC3)cc2)C(/C=C/C=C2C=C(/C=C/c3ccc(SCCCC)cc3)CC(C)(C)C/2)=C1C#N. The maximum atomic E-state index is 10.3. The summed E-state index contributed by atoms with van der Waals surface area (Å²) < 4.78 is 6.56. The molecule has 48 heavy (non-hydrogen) atoms. The molecule has 2 aromatic rings. The number of hydrogen-bond donors (Lipinski definition) is 0. The predicted octanol–water partition coefficient (Wildman–Crippen LogP) is 12.8. The van der Waals surface area contributed by atoms with Crippen molar-refractivity contribution < 1.29 is 4.74 Å². The largest absolute Gasteiger partial charge is 0.488 e. The van der Waals surface area contributed by atoms with E-state index in [9.17, 15) is 5.26 Å². The smallest absolute Gasteiger partial charge is 0.204 e. The van der Waals surface area contributed by atoms with Gasteiger partial charge in [-0.05, 0) is 103 Å². The van der Waals surface area contributed by atoms with Crippen LogP contribution in [-0.2, 0) is 10.3 Å². The van der Waals surface area contributed by atoms with Gasteiger partial charge in [-0.1, -0.05) is 119 Å². The average Bonchev–Trinajstić information content (AvgIpc) is 3.39. The summed E-state index contributed by atoms with van der Waals surface area (Å²) in [6, 6.07) is 20.1. The maximum Gasteiger partial charge on any atom is 0.204 e. The summed E-state index contributed by atoms with van der Waals surface area (Å²) in [5, 5.41) is 10.3. The quantitative estimate of drug-likeness (QED) is 0.145. The Kier molecular flexibility index (Phi) is 11.7. The van der Waals surface area contributed by atoms with E-state index in [0.717, 1.165) is 24.0 Å². The number of nitrogens with zero attached hydrogens (tertiary/aromatic N) is 2. The van der Waals surface area contributed by atoms with Crippen molar-refractivity contribution in [1.29, 1.82) is 5.26 Å². The molecule has 0 spiro atoms. The fraction of sp³-hybridized carbons (Fsp3) is 0.409. The third-order valence-electron chi connectivity index (χ3n) is 9.91. The minimum Gasteiger partial charge on any atom is -0.488 e. The summed E-state index contributed by atoms with van der Waals surface area (Å²) in [7, 11) is 0. The van der Waals surface area contributed by atoms with Crippen LogP contribution in [0, 0.1) is 23.3 Å². The Hall–Kier alpha value is -3.99. The van der Waals surface area contributed by atoms with Crippen molar-refractivity contribution >= 4 is 17.8 Å². The van der Waals surface area contributed by atoms with Crippen LogP contribution in [0.15, 0.2) is 118 Å². The van der Waals surface area contributed by atoms with Gasteiger partial charge in [0.1, 0.15) is 11.8 Å². The minimum atomic E-state index is -0.869. The van der Waals surface area contributed by atoms with Gasteiger partial charge < -0.3 is 4.74 Å². The van der Waals surface area contributed by atoms with E-state index >= 15 is 0 Å². The molecule has 1 aliphatic heterocycles. The summed E-state index contributed by atoms with van der Waals surface area (Å²) in [6.07, 6.45) is 24.0. The zero-order valence-electron chi connectivity index (χ0n) is 29.4. The van der Waals surface area contributed by atoms with Crippen molar-refractivity contribution in [3.05, 3.63) is 141 Å². The number of rotatable bonds is 10. The minimum absolute atomic E-state index is 0.138. The summed E-state index contributed by atoms with van der Waals surface area (Å²) in [4.78, 5) is 4.97. The molecule has 5 rings (SSSR count). The third-order valence-corrected chi connectivity index (χ3v) is 11.0. The number of benzene rings is 2. The van der Waals surface area contributed by atoms with E-state index in [-0.39, 0.29) is 5.41 Å². The highest BCUT2D eigenvalue weighted by molar-refractivity contribution is 7.99. The zero-order valence-corrected chi connectivity index (χ0v) is 30.3. The van der Waals surface area contributed by atoms with Gasteiger partial charge >= 0.3 is 0 Å².